The van der Waals surface area contributed by atoms with E-state index in [1.165, 1.54) is 12.8 Å². The number of hydrogen-bond acceptors (Lipinski definition) is 1. The Kier molecular flexibility index (Phi) is 2.72. The molecule has 0 heterocycles. The summed E-state index contributed by atoms with van der Waals surface area (Å²) in [5.74, 6) is 2.10. The summed E-state index contributed by atoms with van der Waals surface area (Å²) < 4.78 is 0. The zero-order chi connectivity index (χ0) is 8.43. The highest BCUT2D eigenvalue weighted by Crippen LogP contribution is 2.39. The van der Waals surface area contributed by atoms with Gasteiger partial charge in [0.1, 0.15) is 0 Å². The highest BCUT2D eigenvalue weighted by Gasteiger charge is 2.30. The van der Waals surface area contributed by atoms with Crippen molar-refractivity contribution in [3.63, 3.8) is 0 Å². The van der Waals surface area contributed by atoms with Crippen molar-refractivity contribution in [2.24, 2.45) is 17.8 Å². The second-order valence-electron chi connectivity index (χ2n) is 3.84. The molecule has 1 rings (SSSR count). The van der Waals surface area contributed by atoms with Crippen molar-refractivity contribution < 1.29 is 5.11 Å². The van der Waals surface area contributed by atoms with E-state index in [1.54, 1.807) is 0 Å². The van der Waals surface area contributed by atoms with Gasteiger partial charge in [-0.25, -0.2) is 0 Å². The lowest BCUT2D eigenvalue weighted by Gasteiger charge is -2.18. The minimum absolute atomic E-state index is 0.168. The van der Waals surface area contributed by atoms with Crippen molar-refractivity contribution in [3.8, 4) is 0 Å². The maximum absolute atomic E-state index is 8.90. The van der Waals surface area contributed by atoms with E-state index >= 15 is 0 Å². The lowest BCUT2D eigenvalue weighted by Crippen LogP contribution is -2.12. The zero-order valence-corrected chi connectivity index (χ0v) is 7.51. The molecule has 0 aliphatic heterocycles. The molecule has 64 valence electrons. The fourth-order valence-electron chi connectivity index (χ4n) is 2.06. The van der Waals surface area contributed by atoms with Crippen LogP contribution in [0.2, 0.25) is 0 Å². The van der Waals surface area contributed by atoms with E-state index in [0.29, 0.717) is 5.92 Å². The number of aliphatic hydroxyl groups excluding tert-OH is 1. The van der Waals surface area contributed by atoms with Crippen LogP contribution in [-0.2, 0) is 0 Å². The summed E-state index contributed by atoms with van der Waals surface area (Å²) >= 11 is 0. The predicted molar refractivity (Wildman–Crippen MR) is 47.3 cm³/mol. The first-order valence-electron chi connectivity index (χ1n) is 4.45. The predicted octanol–water partition coefficient (Wildman–Crippen LogP) is 2.22. The molecule has 1 fully saturated rings. The maximum atomic E-state index is 8.90. The Morgan fingerprint density at radius 3 is 2.45 bits per heavy atom. The summed E-state index contributed by atoms with van der Waals surface area (Å²) in [4.78, 5) is 0. The normalized spacial score (nSPS) is 37.5. The Hall–Kier alpha value is -0.300. The van der Waals surface area contributed by atoms with Gasteiger partial charge in [-0.15, -0.1) is 0 Å². The average Bonchev–Trinajstić information content (AvgIpc) is 2.32. The van der Waals surface area contributed by atoms with E-state index < -0.39 is 0 Å². The Labute approximate surface area is 69.1 Å². The van der Waals surface area contributed by atoms with E-state index in [4.69, 9.17) is 5.11 Å². The standard InChI is InChI=1S/C10H18O/c1-7-4-5-10(9(7)3)8(2)6-11/h7,9-11H,2,4-6H2,1,3H3/t7-,9+,10+/m0/s1. The fraction of sp³-hybridized carbons (Fsp3) is 0.800. The Bertz CT molecular complexity index is 151. The van der Waals surface area contributed by atoms with Gasteiger partial charge in [0, 0.05) is 0 Å². The van der Waals surface area contributed by atoms with E-state index in [-0.39, 0.29) is 6.61 Å². The minimum atomic E-state index is 0.168. The van der Waals surface area contributed by atoms with Crippen LogP contribution in [0.4, 0.5) is 0 Å². The molecule has 1 N–H and O–H groups in total. The number of aliphatic hydroxyl groups is 1. The summed E-state index contributed by atoms with van der Waals surface area (Å²) in [7, 11) is 0. The highest BCUT2D eigenvalue weighted by molar-refractivity contribution is 5.05. The molecule has 0 unspecified atom stereocenters. The fourth-order valence-corrected chi connectivity index (χ4v) is 2.06. The van der Waals surface area contributed by atoms with Crippen LogP contribution < -0.4 is 0 Å². The van der Waals surface area contributed by atoms with Crippen molar-refractivity contribution in [2.75, 3.05) is 6.61 Å². The van der Waals surface area contributed by atoms with Crippen molar-refractivity contribution in [2.45, 2.75) is 26.7 Å². The van der Waals surface area contributed by atoms with Gasteiger partial charge in [0.25, 0.3) is 0 Å². The van der Waals surface area contributed by atoms with Crippen molar-refractivity contribution in [1.82, 2.24) is 0 Å². The molecular weight excluding hydrogens is 136 g/mol. The smallest absolute Gasteiger partial charge is 0.0641 e. The number of hydrogen-bond donors (Lipinski definition) is 1. The lowest BCUT2D eigenvalue weighted by molar-refractivity contribution is 0.295. The van der Waals surface area contributed by atoms with Crippen LogP contribution >= 0.6 is 0 Å². The lowest BCUT2D eigenvalue weighted by atomic mass is 9.88. The van der Waals surface area contributed by atoms with Crippen LogP contribution in [0.15, 0.2) is 12.2 Å². The summed E-state index contributed by atoms with van der Waals surface area (Å²) in [5, 5.41) is 8.90. The van der Waals surface area contributed by atoms with Crippen molar-refractivity contribution in [1.29, 1.82) is 0 Å². The van der Waals surface area contributed by atoms with Crippen LogP contribution in [-0.4, -0.2) is 11.7 Å². The van der Waals surface area contributed by atoms with Crippen molar-refractivity contribution in [3.05, 3.63) is 12.2 Å². The van der Waals surface area contributed by atoms with Gasteiger partial charge in [-0.1, -0.05) is 20.4 Å². The Morgan fingerprint density at radius 2 is 2.09 bits per heavy atom. The molecule has 0 aromatic heterocycles. The van der Waals surface area contributed by atoms with Gasteiger partial charge < -0.3 is 5.11 Å². The molecule has 0 saturated heterocycles. The van der Waals surface area contributed by atoms with Crippen LogP contribution in [0.5, 0.6) is 0 Å². The van der Waals surface area contributed by atoms with Gasteiger partial charge in [0.15, 0.2) is 0 Å². The molecule has 0 amide bonds. The van der Waals surface area contributed by atoms with Crippen molar-refractivity contribution >= 4 is 0 Å². The molecule has 0 radical (unpaired) electrons. The molecule has 3 atom stereocenters. The van der Waals surface area contributed by atoms with Crippen LogP contribution in [0.25, 0.3) is 0 Å². The topological polar surface area (TPSA) is 20.2 Å². The molecule has 1 saturated carbocycles. The van der Waals surface area contributed by atoms with E-state index in [0.717, 1.165) is 17.4 Å². The molecule has 11 heavy (non-hydrogen) atoms. The van der Waals surface area contributed by atoms with Gasteiger partial charge in [-0.2, -0.15) is 0 Å². The maximum Gasteiger partial charge on any atom is 0.0641 e. The molecule has 0 aromatic rings. The Balaban J connectivity index is 2.54. The average molecular weight is 154 g/mol. The summed E-state index contributed by atoms with van der Waals surface area (Å²) in [6, 6.07) is 0. The first-order valence-corrected chi connectivity index (χ1v) is 4.45. The van der Waals surface area contributed by atoms with Gasteiger partial charge in [-0.05, 0) is 36.2 Å². The highest BCUT2D eigenvalue weighted by atomic mass is 16.3. The van der Waals surface area contributed by atoms with Gasteiger partial charge in [-0.3, -0.25) is 0 Å². The first kappa shape index (κ1) is 8.79. The van der Waals surface area contributed by atoms with Gasteiger partial charge in [0.2, 0.25) is 0 Å². The second kappa shape index (κ2) is 3.40. The second-order valence-corrected chi connectivity index (χ2v) is 3.84. The Morgan fingerprint density at radius 1 is 1.45 bits per heavy atom. The summed E-state index contributed by atoms with van der Waals surface area (Å²) in [6.07, 6.45) is 2.52. The summed E-state index contributed by atoms with van der Waals surface area (Å²) in [6.45, 7) is 8.61. The van der Waals surface area contributed by atoms with Gasteiger partial charge in [0.05, 0.1) is 6.61 Å². The monoisotopic (exact) mass is 154 g/mol. The zero-order valence-electron chi connectivity index (χ0n) is 7.51. The molecule has 1 heteroatoms. The third-order valence-electron chi connectivity index (χ3n) is 3.19. The minimum Gasteiger partial charge on any atom is -0.392 e. The third-order valence-corrected chi connectivity index (χ3v) is 3.19. The van der Waals surface area contributed by atoms with Crippen LogP contribution in [0.3, 0.4) is 0 Å². The number of rotatable bonds is 2. The molecule has 1 nitrogen and oxygen atoms in total. The molecular formula is C10H18O. The largest absolute Gasteiger partial charge is 0.392 e. The molecule has 0 aromatic carbocycles. The molecule has 0 bridgehead atoms. The SMILES string of the molecule is C=C(CO)[C@H]1CC[C@H](C)[C@H]1C. The van der Waals surface area contributed by atoms with E-state index in [9.17, 15) is 0 Å². The van der Waals surface area contributed by atoms with Crippen LogP contribution in [0, 0.1) is 17.8 Å². The summed E-state index contributed by atoms with van der Waals surface area (Å²) in [5.41, 5.74) is 1.03. The first-order chi connectivity index (χ1) is 5.16. The van der Waals surface area contributed by atoms with E-state index in [2.05, 4.69) is 20.4 Å². The third kappa shape index (κ3) is 1.64. The van der Waals surface area contributed by atoms with Gasteiger partial charge >= 0.3 is 0 Å². The molecule has 1 aliphatic rings. The van der Waals surface area contributed by atoms with E-state index in [1.807, 2.05) is 0 Å². The molecule has 1 aliphatic carbocycles. The van der Waals surface area contributed by atoms with Crippen LogP contribution in [0.1, 0.15) is 26.7 Å². The quantitative estimate of drug-likeness (QED) is 0.605. The molecule has 0 spiro atoms.